The molecular weight excluding hydrogens is 212 g/mol. The van der Waals surface area contributed by atoms with Crippen LogP contribution in [0.4, 0.5) is 0 Å². The zero-order chi connectivity index (χ0) is 11.5. The highest BCUT2D eigenvalue weighted by atomic mass is 16.6. The van der Waals surface area contributed by atoms with Crippen LogP contribution < -0.4 is 4.74 Å². The van der Waals surface area contributed by atoms with E-state index in [2.05, 4.69) is 5.10 Å². The molecule has 2 unspecified atom stereocenters. The molecule has 6 heteroatoms. The van der Waals surface area contributed by atoms with Gasteiger partial charge in [-0.25, -0.2) is 0 Å². The molecule has 0 spiro atoms. The smallest absolute Gasteiger partial charge is 0.162 e. The standard InChI is InChI=1S/C10H16N2O4/c1-12-9(7(14-2)5-11-12)10(13)8-6-15-3-4-16-8/h5,8,10,13H,3-4,6H2,1-2H3. The van der Waals surface area contributed by atoms with Gasteiger partial charge in [0.2, 0.25) is 0 Å². The number of aliphatic hydroxyl groups is 1. The van der Waals surface area contributed by atoms with E-state index in [1.807, 2.05) is 0 Å². The molecule has 6 nitrogen and oxygen atoms in total. The minimum absolute atomic E-state index is 0.363. The number of aromatic nitrogens is 2. The van der Waals surface area contributed by atoms with Crippen LogP contribution in [0.1, 0.15) is 11.8 Å². The Morgan fingerprint density at radius 3 is 3.06 bits per heavy atom. The number of aliphatic hydroxyl groups excluding tert-OH is 1. The number of methoxy groups -OCH3 is 1. The van der Waals surface area contributed by atoms with Crippen LogP contribution in [0.2, 0.25) is 0 Å². The fourth-order valence-electron chi connectivity index (χ4n) is 1.79. The van der Waals surface area contributed by atoms with Crippen molar-refractivity contribution in [3.05, 3.63) is 11.9 Å². The summed E-state index contributed by atoms with van der Waals surface area (Å²) in [4.78, 5) is 0. The molecule has 16 heavy (non-hydrogen) atoms. The van der Waals surface area contributed by atoms with E-state index < -0.39 is 6.10 Å². The lowest BCUT2D eigenvalue weighted by atomic mass is 10.1. The molecule has 2 heterocycles. The molecule has 1 aromatic heterocycles. The van der Waals surface area contributed by atoms with Crippen molar-refractivity contribution in [1.29, 1.82) is 0 Å². The molecule has 2 rings (SSSR count). The van der Waals surface area contributed by atoms with Gasteiger partial charge in [0.1, 0.15) is 17.9 Å². The highest BCUT2D eigenvalue weighted by Gasteiger charge is 2.29. The van der Waals surface area contributed by atoms with E-state index >= 15 is 0 Å². The molecule has 0 saturated carbocycles. The van der Waals surface area contributed by atoms with E-state index in [1.165, 1.54) is 0 Å². The first-order valence-electron chi connectivity index (χ1n) is 5.17. The summed E-state index contributed by atoms with van der Waals surface area (Å²) in [5, 5.41) is 14.2. The van der Waals surface area contributed by atoms with Crippen molar-refractivity contribution in [3.63, 3.8) is 0 Å². The van der Waals surface area contributed by atoms with Crippen molar-refractivity contribution < 1.29 is 19.3 Å². The Hall–Kier alpha value is -1.11. The number of hydrogen-bond donors (Lipinski definition) is 1. The summed E-state index contributed by atoms with van der Waals surface area (Å²) in [5.41, 5.74) is 0.609. The number of ether oxygens (including phenoxy) is 3. The Morgan fingerprint density at radius 1 is 1.62 bits per heavy atom. The highest BCUT2D eigenvalue weighted by molar-refractivity contribution is 5.27. The van der Waals surface area contributed by atoms with Crippen LogP contribution in [0.5, 0.6) is 5.75 Å². The molecule has 0 aromatic carbocycles. The van der Waals surface area contributed by atoms with Gasteiger partial charge in [-0.3, -0.25) is 4.68 Å². The molecule has 1 aromatic rings. The first kappa shape index (κ1) is 11.4. The number of hydrogen-bond acceptors (Lipinski definition) is 5. The van der Waals surface area contributed by atoms with E-state index in [9.17, 15) is 5.11 Å². The van der Waals surface area contributed by atoms with Crippen LogP contribution in [-0.2, 0) is 16.5 Å². The van der Waals surface area contributed by atoms with Gasteiger partial charge in [0, 0.05) is 7.05 Å². The number of rotatable bonds is 3. The van der Waals surface area contributed by atoms with Gasteiger partial charge in [-0.05, 0) is 0 Å². The largest absolute Gasteiger partial charge is 0.493 e. The highest BCUT2D eigenvalue weighted by Crippen LogP contribution is 2.28. The van der Waals surface area contributed by atoms with Crippen LogP contribution in [-0.4, -0.2) is 47.9 Å². The summed E-state index contributed by atoms with van der Waals surface area (Å²) in [6, 6.07) is 0. The minimum Gasteiger partial charge on any atom is -0.493 e. The van der Waals surface area contributed by atoms with Crippen LogP contribution in [0.3, 0.4) is 0 Å². The van der Waals surface area contributed by atoms with Gasteiger partial charge >= 0.3 is 0 Å². The monoisotopic (exact) mass is 228 g/mol. The average Bonchev–Trinajstić information content (AvgIpc) is 2.70. The third kappa shape index (κ3) is 2.04. The molecule has 1 saturated heterocycles. The lowest BCUT2D eigenvalue weighted by molar-refractivity contribution is -0.135. The third-order valence-corrected chi connectivity index (χ3v) is 2.64. The molecule has 0 bridgehead atoms. The second kappa shape index (κ2) is 4.82. The summed E-state index contributed by atoms with van der Waals surface area (Å²) >= 11 is 0. The Kier molecular flexibility index (Phi) is 3.42. The zero-order valence-electron chi connectivity index (χ0n) is 9.42. The lowest BCUT2D eigenvalue weighted by Crippen LogP contribution is -2.34. The Morgan fingerprint density at radius 2 is 2.44 bits per heavy atom. The van der Waals surface area contributed by atoms with Gasteiger partial charge in [-0.2, -0.15) is 5.10 Å². The fourth-order valence-corrected chi connectivity index (χ4v) is 1.79. The number of nitrogens with zero attached hydrogens (tertiary/aromatic N) is 2. The van der Waals surface area contributed by atoms with Gasteiger partial charge in [0.05, 0.1) is 33.1 Å². The third-order valence-electron chi connectivity index (χ3n) is 2.64. The molecule has 0 aliphatic carbocycles. The van der Waals surface area contributed by atoms with Crippen LogP contribution in [0.15, 0.2) is 6.20 Å². The van der Waals surface area contributed by atoms with E-state index in [1.54, 1.807) is 25.0 Å². The predicted octanol–water partition coefficient (Wildman–Crippen LogP) is -0.123. The predicted molar refractivity (Wildman–Crippen MR) is 55.3 cm³/mol. The quantitative estimate of drug-likeness (QED) is 0.781. The fraction of sp³-hybridized carbons (Fsp3) is 0.700. The minimum atomic E-state index is -0.789. The van der Waals surface area contributed by atoms with Gasteiger partial charge in [-0.15, -0.1) is 0 Å². The summed E-state index contributed by atoms with van der Waals surface area (Å²) in [6.07, 6.45) is 0.420. The molecule has 0 radical (unpaired) electrons. The van der Waals surface area contributed by atoms with E-state index in [0.29, 0.717) is 31.3 Å². The Labute approximate surface area is 93.7 Å². The normalized spacial score (nSPS) is 23.1. The summed E-state index contributed by atoms with van der Waals surface area (Å²) < 4.78 is 17.4. The second-order valence-electron chi connectivity index (χ2n) is 3.65. The van der Waals surface area contributed by atoms with E-state index in [0.717, 1.165) is 0 Å². The summed E-state index contributed by atoms with van der Waals surface area (Å²) in [7, 11) is 3.30. The van der Waals surface area contributed by atoms with Gasteiger partial charge in [0.25, 0.3) is 0 Å². The molecule has 90 valence electrons. The van der Waals surface area contributed by atoms with Crippen molar-refractivity contribution in [2.45, 2.75) is 12.2 Å². The van der Waals surface area contributed by atoms with Crippen molar-refractivity contribution in [2.24, 2.45) is 7.05 Å². The zero-order valence-corrected chi connectivity index (χ0v) is 9.42. The van der Waals surface area contributed by atoms with Crippen molar-refractivity contribution in [2.75, 3.05) is 26.9 Å². The van der Waals surface area contributed by atoms with Crippen LogP contribution in [0.25, 0.3) is 0 Å². The van der Waals surface area contributed by atoms with Crippen molar-refractivity contribution >= 4 is 0 Å². The molecule has 1 aliphatic heterocycles. The summed E-state index contributed by atoms with van der Waals surface area (Å²) in [5.74, 6) is 0.559. The van der Waals surface area contributed by atoms with Crippen molar-refractivity contribution in [1.82, 2.24) is 9.78 Å². The molecule has 1 N–H and O–H groups in total. The van der Waals surface area contributed by atoms with E-state index in [-0.39, 0.29) is 6.10 Å². The maximum atomic E-state index is 10.2. The van der Waals surface area contributed by atoms with E-state index in [4.69, 9.17) is 14.2 Å². The molecule has 2 atom stereocenters. The molecule has 0 amide bonds. The lowest BCUT2D eigenvalue weighted by Gasteiger charge is -2.27. The Balaban J connectivity index is 2.18. The van der Waals surface area contributed by atoms with Gasteiger partial charge < -0.3 is 19.3 Å². The van der Waals surface area contributed by atoms with Crippen LogP contribution >= 0.6 is 0 Å². The second-order valence-corrected chi connectivity index (χ2v) is 3.65. The van der Waals surface area contributed by atoms with Gasteiger partial charge in [-0.1, -0.05) is 0 Å². The molecular formula is C10H16N2O4. The average molecular weight is 228 g/mol. The topological polar surface area (TPSA) is 65.7 Å². The first-order valence-corrected chi connectivity index (χ1v) is 5.17. The maximum Gasteiger partial charge on any atom is 0.162 e. The van der Waals surface area contributed by atoms with Gasteiger partial charge in [0.15, 0.2) is 5.75 Å². The molecule has 1 fully saturated rings. The Bertz CT molecular complexity index is 347. The first-order chi connectivity index (χ1) is 7.74. The maximum absolute atomic E-state index is 10.2. The van der Waals surface area contributed by atoms with Crippen LogP contribution in [0, 0.1) is 0 Å². The molecule has 1 aliphatic rings. The summed E-state index contributed by atoms with van der Waals surface area (Å²) in [6.45, 7) is 1.46. The van der Waals surface area contributed by atoms with Crippen molar-refractivity contribution in [3.8, 4) is 5.75 Å². The number of aryl methyl sites for hydroxylation is 1. The SMILES string of the molecule is COc1cnn(C)c1C(O)C1COCCO1.